The Hall–Kier alpha value is -0.750. The van der Waals surface area contributed by atoms with Crippen molar-refractivity contribution in [2.45, 2.75) is 24.3 Å². The summed E-state index contributed by atoms with van der Waals surface area (Å²) in [6, 6.07) is 1.83. The second kappa shape index (κ2) is 6.13. The molecule has 2 rings (SSSR count). The molecule has 0 saturated carbocycles. The molecule has 1 amide bonds. The molecular formula is C13H18BrN3OS. The second-order valence-electron chi connectivity index (χ2n) is 4.77. The molecule has 2 unspecified atom stereocenters. The summed E-state index contributed by atoms with van der Waals surface area (Å²) in [6.45, 7) is 5.92. The predicted molar refractivity (Wildman–Crippen MR) is 83.9 cm³/mol. The van der Waals surface area contributed by atoms with Crippen molar-refractivity contribution in [2.24, 2.45) is 0 Å². The van der Waals surface area contributed by atoms with E-state index in [1.165, 1.54) is 0 Å². The summed E-state index contributed by atoms with van der Waals surface area (Å²) in [5, 5.41) is 3.94. The fourth-order valence-corrected chi connectivity index (χ4v) is 3.97. The standard InChI is InChI=1S/C13H18BrN3OS/c1-8-6-17(7-9(2)19-8)13(18)11-4-10(14)5-16-12(11)15-3/h4-5,8-9H,6-7H2,1-3H3,(H,15,16). The molecule has 1 fully saturated rings. The summed E-state index contributed by atoms with van der Waals surface area (Å²) >= 11 is 5.31. The van der Waals surface area contributed by atoms with E-state index in [-0.39, 0.29) is 5.91 Å². The van der Waals surface area contributed by atoms with Crippen LogP contribution in [0.2, 0.25) is 0 Å². The van der Waals surface area contributed by atoms with Crippen LogP contribution in [0.5, 0.6) is 0 Å². The van der Waals surface area contributed by atoms with Crippen molar-refractivity contribution in [3.8, 4) is 0 Å². The molecule has 1 aromatic rings. The summed E-state index contributed by atoms with van der Waals surface area (Å²) in [5.41, 5.74) is 0.628. The van der Waals surface area contributed by atoms with Crippen molar-refractivity contribution in [1.82, 2.24) is 9.88 Å². The van der Waals surface area contributed by atoms with Gasteiger partial charge in [-0.05, 0) is 22.0 Å². The lowest BCUT2D eigenvalue weighted by Crippen LogP contribution is -2.44. The largest absolute Gasteiger partial charge is 0.372 e. The average Bonchev–Trinajstić information content (AvgIpc) is 2.36. The van der Waals surface area contributed by atoms with Crippen LogP contribution in [0.4, 0.5) is 5.82 Å². The number of aromatic nitrogens is 1. The molecule has 104 valence electrons. The first-order valence-corrected chi connectivity index (χ1v) is 8.03. The third-order valence-electron chi connectivity index (χ3n) is 3.03. The van der Waals surface area contributed by atoms with Crippen LogP contribution in [-0.2, 0) is 0 Å². The highest BCUT2D eigenvalue weighted by atomic mass is 79.9. The molecule has 2 atom stereocenters. The number of hydrogen-bond acceptors (Lipinski definition) is 4. The van der Waals surface area contributed by atoms with E-state index in [0.717, 1.165) is 17.6 Å². The summed E-state index contributed by atoms with van der Waals surface area (Å²) in [5.74, 6) is 0.684. The van der Waals surface area contributed by atoms with E-state index < -0.39 is 0 Å². The van der Waals surface area contributed by atoms with Crippen LogP contribution < -0.4 is 5.32 Å². The SMILES string of the molecule is CNc1ncc(Br)cc1C(=O)N1CC(C)SC(C)C1. The van der Waals surface area contributed by atoms with Crippen molar-refractivity contribution in [1.29, 1.82) is 0 Å². The lowest BCUT2D eigenvalue weighted by molar-refractivity contribution is 0.0754. The average molecular weight is 344 g/mol. The van der Waals surface area contributed by atoms with Crippen LogP contribution >= 0.6 is 27.7 Å². The highest BCUT2D eigenvalue weighted by molar-refractivity contribution is 9.10. The van der Waals surface area contributed by atoms with Gasteiger partial charge in [-0.3, -0.25) is 4.79 Å². The molecule has 1 saturated heterocycles. The van der Waals surface area contributed by atoms with Crippen molar-refractivity contribution in [3.63, 3.8) is 0 Å². The van der Waals surface area contributed by atoms with E-state index in [1.807, 2.05) is 22.7 Å². The molecular weight excluding hydrogens is 326 g/mol. The first kappa shape index (κ1) is 14.7. The molecule has 4 nitrogen and oxygen atoms in total. The van der Waals surface area contributed by atoms with Gasteiger partial charge in [-0.2, -0.15) is 11.8 Å². The molecule has 1 aromatic heterocycles. The van der Waals surface area contributed by atoms with Gasteiger partial charge in [0.25, 0.3) is 5.91 Å². The number of halogens is 1. The number of rotatable bonds is 2. The third kappa shape index (κ3) is 3.42. The second-order valence-corrected chi connectivity index (χ2v) is 7.56. The number of nitrogens with one attached hydrogen (secondary N) is 1. The topological polar surface area (TPSA) is 45.2 Å². The maximum atomic E-state index is 12.6. The van der Waals surface area contributed by atoms with Gasteiger partial charge in [0.2, 0.25) is 0 Å². The van der Waals surface area contributed by atoms with Crippen LogP contribution in [0.15, 0.2) is 16.7 Å². The van der Waals surface area contributed by atoms with Crippen LogP contribution in [0, 0.1) is 0 Å². The molecule has 6 heteroatoms. The molecule has 1 aliphatic rings. The monoisotopic (exact) mass is 343 g/mol. The van der Waals surface area contributed by atoms with Crippen LogP contribution in [-0.4, -0.2) is 46.4 Å². The summed E-state index contributed by atoms with van der Waals surface area (Å²) in [4.78, 5) is 18.8. The zero-order chi connectivity index (χ0) is 14.0. The molecule has 0 radical (unpaired) electrons. The van der Waals surface area contributed by atoms with Gasteiger partial charge in [-0.1, -0.05) is 13.8 Å². The number of amides is 1. The van der Waals surface area contributed by atoms with E-state index >= 15 is 0 Å². The number of nitrogens with zero attached hydrogens (tertiary/aromatic N) is 2. The smallest absolute Gasteiger partial charge is 0.257 e. The van der Waals surface area contributed by atoms with Gasteiger partial charge in [-0.15, -0.1) is 0 Å². The number of thioether (sulfide) groups is 1. The lowest BCUT2D eigenvalue weighted by atomic mass is 10.2. The Kier molecular flexibility index (Phi) is 4.73. The van der Waals surface area contributed by atoms with Crippen molar-refractivity contribution < 1.29 is 4.79 Å². The Morgan fingerprint density at radius 3 is 2.68 bits per heavy atom. The number of anilines is 1. The maximum absolute atomic E-state index is 12.6. The Bertz CT molecular complexity index is 473. The molecule has 1 aliphatic heterocycles. The van der Waals surface area contributed by atoms with Gasteiger partial charge in [0, 0.05) is 41.3 Å². The fraction of sp³-hybridized carbons (Fsp3) is 0.538. The highest BCUT2D eigenvalue weighted by Gasteiger charge is 2.28. The van der Waals surface area contributed by atoms with Crippen molar-refractivity contribution in [2.75, 3.05) is 25.5 Å². The van der Waals surface area contributed by atoms with E-state index in [1.54, 1.807) is 13.2 Å². The van der Waals surface area contributed by atoms with E-state index in [4.69, 9.17) is 0 Å². The maximum Gasteiger partial charge on any atom is 0.257 e. The Labute approximate surface area is 126 Å². The zero-order valence-electron chi connectivity index (χ0n) is 11.3. The summed E-state index contributed by atoms with van der Waals surface area (Å²) in [6.07, 6.45) is 1.69. The Morgan fingerprint density at radius 1 is 1.47 bits per heavy atom. The van der Waals surface area contributed by atoms with Gasteiger partial charge in [0.05, 0.1) is 5.56 Å². The van der Waals surface area contributed by atoms with Gasteiger partial charge in [-0.25, -0.2) is 4.98 Å². The molecule has 0 aromatic carbocycles. The number of carbonyl (C=O) groups excluding carboxylic acids is 1. The molecule has 0 bridgehead atoms. The molecule has 0 spiro atoms. The van der Waals surface area contributed by atoms with Gasteiger partial charge >= 0.3 is 0 Å². The molecule has 1 N–H and O–H groups in total. The van der Waals surface area contributed by atoms with Gasteiger partial charge < -0.3 is 10.2 Å². The highest BCUT2D eigenvalue weighted by Crippen LogP contribution is 2.27. The van der Waals surface area contributed by atoms with Crippen LogP contribution in [0.1, 0.15) is 24.2 Å². The minimum atomic E-state index is 0.0529. The summed E-state index contributed by atoms with van der Waals surface area (Å²) in [7, 11) is 1.78. The van der Waals surface area contributed by atoms with Gasteiger partial charge in [0.1, 0.15) is 5.82 Å². The zero-order valence-corrected chi connectivity index (χ0v) is 13.7. The lowest BCUT2D eigenvalue weighted by Gasteiger charge is -2.34. The molecule has 0 aliphatic carbocycles. The van der Waals surface area contributed by atoms with E-state index in [9.17, 15) is 4.79 Å². The number of pyridine rings is 1. The summed E-state index contributed by atoms with van der Waals surface area (Å²) < 4.78 is 0.822. The minimum Gasteiger partial charge on any atom is -0.372 e. The quantitative estimate of drug-likeness (QED) is 0.896. The Morgan fingerprint density at radius 2 is 2.11 bits per heavy atom. The van der Waals surface area contributed by atoms with Crippen molar-refractivity contribution >= 4 is 39.4 Å². The number of carbonyl (C=O) groups is 1. The predicted octanol–water partition coefficient (Wildman–Crippen LogP) is 2.85. The Balaban J connectivity index is 2.26. The van der Waals surface area contributed by atoms with Gasteiger partial charge in [0.15, 0.2) is 0 Å². The first-order valence-electron chi connectivity index (χ1n) is 6.29. The van der Waals surface area contributed by atoms with Crippen LogP contribution in [0.3, 0.4) is 0 Å². The first-order chi connectivity index (χ1) is 9.01. The van der Waals surface area contributed by atoms with E-state index in [0.29, 0.717) is 21.9 Å². The molecule has 19 heavy (non-hydrogen) atoms. The van der Waals surface area contributed by atoms with E-state index in [2.05, 4.69) is 40.1 Å². The van der Waals surface area contributed by atoms with Crippen molar-refractivity contribution in [3.05, 3.63) is 22.3 Å². The normalized spacial score (nSPS) is 23.3. The minimum absolute atomic E-state index is 0.0529. The fourth-order valence-electron chi connectivity index (χ4n) is 2.32. The number of hydrogen-bond donors (Lipinski definition) is 1. The third-order valence-corrected chi connectivity index (χ3v) is 4.69. The molecule has 2 heterocycles. The van der Waals surface area contributed by atoms with Crippen LogP contribution in [0.25, 0.3) is 0 Å².